The molecular formula is C17H17NO3. The maximum atomic E-state index is 12.1. The zero-order valence-corrected chi connectivity index (χ0v) is 11.6. The zero-order valence-electron chi connectivity index (χ0n) is 11.6. The highest BCUT2D eigenvalue weighted by Crippen LogP contribution is 2.17. The molecule has 0 saturated heterocycles. The van der Waals surface area contributed by atoms with Crippen LogP contribution in [0.1, 0.15) is 27.4 Å². The zero-order chi connectivity index (χ0) is 15.1. The summed E-state index contributed by atoms with van der Waals surface area (Å²) in [6.07, 6.45) is 0.759. The number of esters is 1. The predicted molar refractivity (Wildman–Crippen MR) is 79.9 cm³/mol. The lowest BCUT2D eigenvalue weighted by molar-refractivity contribution is -0.146. The van der Waals surface area contributed by atoms with Gasteiger partial charge >= 0.3 is 5.97 Å². The van der Waals surface area contributed by atoms with Crippen LogP contribution in [-0.4, -0.2) is 18.8 Å². The number of rotatable bonds is 6. The van der Waals surface area contributed by atoms with Gasteiger partial charge in [-0.05, 0) is 11.1 Å². The highest BCUT2D eigenvalue weighted by molar-refractivity contribution is 5.79. The number of nitrogens with two attached hydrogens (primary N) is 1. The fourth-order valence-corrected chi connectivity index (χ4v) is 2.00. The smallest absolute Gasteiger partial charge is 0.315 e. The van der Waals surface area contributed by atoms with Crippen molar-refractivity contribution in [2.45, 2.75) is 12.5 Å². The lowest BCUT2D eigenvalue weighted by atomic mass is 9.98. The Morgan fingerprint density at radius 1 is 1.10 bits per heavy atom. The van der Waals surface area contributed by atoms with Gasteiger partial charge in [0.25, 0.3) is 0 Å². The summed E-state index contributed by atoms with van der Waals surface area (Å²) in [5.74, 6) is -0.880. The average Bonchev–Trinajstić information content (AvgIpc) is 2.55. The summed E-state index contributed by atoms with van der Waals surface area (Å²) >= 11 is 0. The second-order valence-corrected chi connectivity index (χ2v) is 4.67. The molecule has 2 aromatic carbocycles. The van der Waals surface area contributed by atoms with Crippen LogP contribution in [0.2, 0.25) is 0 Å². The Bertz CT molecular complexity index is 593. The van der Waals surface area contributed by atoms with Crippen LogP contribution >= 0.6 is 0 Å². The SMILES string of the molecule is NC[C@H](C(=O)OCc1ccccc1)c1ccc(C=O)cc1. The number of ether oxygens (including phenoxy) is 1. The van der Waals surface area contributed by atoms with Crippen LogP contribution in [0.15, 0.2) is 54.6 Å². The van der Waals surface area contributed by atoms with Gasteiger partial charge in [-0.15, -0.1) is 0 Å². The Kier molecular flexibility index (Phi) is 5.23. The van der Waals surface area contributed by atoms with Crippen molar-refractivity contribution in [2.24, 2.45) is 5.73 Å². The molecule has 0 radical (unpaired) electrons. The molecule has 0 aliphatic rings. The molecule has 4 nitrogen and oxygen atoms in total. The van der Waals surface area contributed by atoms with E-state index in [0.717, 1.165) is 17.4 Å². The van der Waals surface area contributed by atoms with Crippen LogP contribution in [0.5, 0.6) is 0 Å². The van der Waals surface area contributed by atoms with E-state index in [1.807, 2.05) is 30.3 Å². The van der Waals surface area contributed by atoms with Crippen molar-refractivity contribution >= 4 is 12.3 Å². The summed E-state index contributed by atoms with van der Waals surface area (Å²) < 4.78 is 5.30. The first-order valence-corrected chi connectivity index (χ1v) is 6.70. The van der Waals surface area contributed by atoms with E-state index in [2.05, 4.69) is 0 Å². The van der Waals surface area contributed by atoms with Crippen LogP contribution in [0, 0.1) is 0 Å². The third-order valence-corrected chi connectivity index (χ3v) is 3.22. The Morgan fingerprint density at radius 2 is 1.76 bits per heavy atom. The average molecular weight is 283 g/mol. The molecule has 0 aromatic heterocycles. The van der Waals surface area contributed by atoms with E-state index in [9.17, 15) is 9.59 Å². The Morgan fingerprint density at radius 3 is 2.33 bits per heavy atom. The van der Waals surface area contributed by atoms with Gasteiger partial charge < -0.3 is 10.5 Å². The predicted octanol–water partition coefficient (Wildman–Crippen LogP) is 2.28. The van der Waals surface area contributed by atoms with E-state index in [0.29, 0.717) is 5.56 Å². The molecule has 2 aromatic rings. The molecule has 108 valence electrons. The number of carbonyl (C=O) groups is 2. The molecule has 4 heteroatoms. The molecule has 0 aliphatic heterocycles. The summed E-state index contributed by atoms with van der Waals surface area (Å²) in [6.45, 7) is 0.386. The fraction of sp³-hybridized carbons (Fsp3) is 0.176. The van der Waals surface area contributed by atoms with Gasteiger partial charge in [-0.2, -0.15) is 0 Å². The van der Waals surface area contributed by atoms with Crippen LogP contribution in [0.4, 0.5) is 0 Å². The van der Waals surface area contributed by atoms with Crippen LogP contribution in [0.25, 0.3) is 0 Å². The Hall–Kier alpha value is -2.46. The number of carbonyl (C=O) groups excluding carboxylic acids is 2. The monoisotopic (exact) mass is 283 g/mol. The van der Waals surface area contributed by atoms with Crippen LogP contribution in [-0.2, 0) is 16.1 Å². The topological polar surface area (TPSA) is 69.4 Å². The molecule has 0 spiro atoms. The summed E-state index contributed by atoms with van der Waals surface area (Å²) in [6, 6.07) is 16.3. The van der Waals surface area contributed by atoms with Gasteiger partial charge in [-0.1, -0.05) is 54.6 Å². The number of benzene rings is 2. The first-order valence-electron chi connectivity index (χ1n) is 6.70. The number of aldehydes is 1. The lowest BCUT2D eigenvalue weighted by Gasteiger charge is -2.14. The molecule has 0 unspecified atom stereocenters. The first kappa shape index (κ1) is 14.9. The van der Waals surface area contributed by atoms with Crippen molar-refractivity contribution in [2.75, 3.05) is 6.54 Å². The van der Waals surface area contributed by atoms with Crippen molar-refractivity contribution in [3.63, 3.8) is 0 Å². The third kappa shape index (κ3) is 4.00. The van der Waals surface area contributed by atoms with Gasteiger partial charge in [-0.25, -0.2) is 0 Å². The minimum atomic E-state index is -0.519. The van der Waals surface area contributed by atoms with Crippen molar-refractivity contribution < 1.29 is 14.3 Å². The van der Waals surface area contributed by atoms with Gasteiger partial charge in [0, 0.05) is 12.1 Å². The summed E-state index contributed by atoms with van der Waals surface area (Å²) in [7, 11) is 0. The Balaban J connectivity index is 2.02. The van der Waals surface area contributed by atoms with Gasteiger partial charge in [0.2, 0.25) is 0 Å². The number of hydrogen-bond donors (Lipinski definition) is 1. The fourth-order valence-electron chi connectivity index (χ4n) is 2.00. The molecule has 0 heterocycles. The minimum absolute atomic E-state index is 0.161. The Labute approximate surface area is 123 Å². The first-order chi connectivity index (χ1) is 10.2. The second-order valence-electron chi connectivity index (χ2n) is 4.67. The van der Waals surface area contributed by atoms with Gasteiger partial charge in [0.05, 0.1) is 5.92 Å². The second kappa shape index (κ2) is 7.36. The van der Waals surface area contributed by atoms with E-state index < -0.39 is 5.92 Å². The quantitative estimate of drug-likeness (QED) is 0.652. The van der Waals surface area contributed by atoms with Gasteiger partial charge in [-0.3, -0.25) is 9.59 Å². The number of hydrogen-bond acceptors (Lipinski definition) is 4. The minimum Gasteiger partial charge on any atom is -0.460 e. The summed E-state index contributed by atoms with van der Waals surface area (Å²) in [5.41, 5.74) is 7.92. The van der Waals surface area contributed by atoms with E-state index >= 15 is 0 Å². The molecule has 0 fully saturated rings. The summed E-state index contributed by atoms with van der Waals surface area (Å²) in [4.78, 5) is 22.8. The van der Waals surface area contributed by atoms with Crippen molar-refractivity contribution in [1.29, 1.82) is 0 Å². The molecule has 1 atom stereocenters. The molecule has 0 aliphatic carbocycles. The largest absolute Gasteiger partial charge is 0.460 e. The molecule has 0 amide bonds. The van der Waals surface area contributed by atoms with Crippen molar-refractivity contribution in [3.05, 3.63) is 71.3 Å². The molecule has 21 heavy (non-hydrogen) atoms. The standard InChI is InChI=1S/C17H17NO3/c18-10-16(15-8-6-13(11-19)7-9-15)17(20)21-12-14-4-2-1-3-5-14/h1-9,11,16H,10,12,18H2/t16-/m0/s1. The maximum Gasteiger partial charge on any atom is 0.315 e. The molecular weight excluding hydrogens is 266 g/mol. The molecule has 0 saturated carbocycles. The molecule has 2 rings (SSSR count). The summed E-state index contributed by atoms with van der Waals surface area (Å²) in [5, 5.41) is 0. The van der Waals surface area contributed by atoms with Gasteiger partial charge in [0.15, 0.2) is 0 Å². The van der Waals surface area contributed by atoms with E-state index in [1.54, 1.807) is 24.3 Å². The van der Waals surface area contributed by atoms with Crippen molar-refractivity contribution in [3.8, 4) is 0 Å². The van der Waals surface area contributed by atoms with Gasteiger partial charge in [0.1, 0.15) is 12.9 Å². The third-order valence-electron chi connectivity index (χ3n) is 3.22. The lowest BCUT2D eigenvalue weighted by Crippen LogP contribution is -2.23. The normalized spacial score (nSPS) is 11.7. The van der Waals surface area contributed by atoms with Crippen LogP contribution in [0.3, 0.4) is 0 Å². The van der Waals surface area contributed by atoms with E-state index in [4.69, 9.17) is 10.5 Å². The van der Waals surface area contributed by atoms with Crippen molar-refractivity contribution in [1.82, 2.24) is 0 Å². The molecule has 2 N–H and O–H groups in total. The van der Waals surface area contributed by atoms with Crippen LogP contribution < -0.4 is 5.73 Å². The highest BCUT2D eigenvalue weighted by atomic mass is 16.5. The molecule has 0 bridgehead atoms. The highest BCUT2D eigenvalue weighted by Gasteiger charge is 2.20. The maximum absolute atomic E-state index is 12.1. The van der Waals surface area contributed by atoms with E-state index in [1.165, 1.54) is 0 Å². The van der Waals surface area contributed by atoms with E-state index in [-0.39, 0.29) is 19.1 Å².